The minimum atomic E-state index is 0.421. The number of imidazole rings is 1. The number of piperidine rings is 1. The van der Waals surface area contributed by atoms with Crippen molar-refractivity contribution in [2.75, 3.05) is 27.2 Å². The van der Waals surface area contributed by atoms with E-state index in [4.69, 9.17) is 4.42 Å². The Morgan fingerprint density at radius 2 is 2.17 bits per heavy atom. The lowest BCUT2D eigenvalue weighted by Crippen LogP contribution is -2.41. The van der Waals surface area contributed by atoms with E-state index in [2.05, 4.69) is 45.5 Å². The second-order valence-electron chi connectivity index (χ2n) is 6.82. The monoisotopic (exact) mass is 317 g/mol. The van der Waals surface area contributed by atoms with Crippen LogP contribution in [0.2, 0.25) is 0 Å². The molecule has 3 heterocycles. The third-order valence-corrected chi connectivity index (χ3v) is 4.78. The Hall–Kier alpha value is -1.66. The lowest BCUT2D eigenvalue weighted by Gasteiger charge is -2.40. The molecule has 0 amide bonds. The van der Waals surface area contributed by atoms with Crippen molar-refractivity contribution >= 4 is 0 Å². The van der Waals surface area contributed by atoms with Crippen LogP contribution in [0.25, 0.3) is 0 Å². The highest BCUT2D eigenvalue weighted by Crippen LogP contribution is 2.35. The van der Waals surface area contributed by atoms with Crippen molar-refractivity contribution in [2.24, 2.45) is 13.0 Å². The summed E-state index contributed by atoms with van der Waals surface area (Å²) in [5, 5.41) is 0. The third-order valence-electron chi connectivity index (χ3n) is 4.78. The summed E-state index contributed by atoms with van der Waals surface area (Å²) in [6.07, 6.45) is 8.19. The molecule has 126 valence electrons. The third kappa shape index (κ3) is 3.64. The summed E-state index contributed by atoms with van der Waals surface area (Å²) in [5.74, 6) is 2.26. The molecule has 0 aromatic carbocycles. The van der Waals surface area contributed by atoms with Crippen molar-refractivity contribution in [3.63, 3.8) is 0 Å². The van der Waals surface area contributed by atoms with Crippen molar-refractivity contribution < 1.29 is 4.42 Å². The molecule has 6 heteroatoms. The van der Waals surface area contributed by atoms with Crippen LogP contribution >= 0.6 is 0 Å². The van der Waals surface area contributed by atoms with Gasteiger partial charge in [-0.15, -0.1) is 0 Å². The molecule has 2 aromatic heterocycles. The van der Waals surface area contributed by atoms with Gasteiger partial charge in [0.05, 0.1) is 30.8 Å². The highest BCUT2D eigenvalue weighted by Gasteiger charge is 2.33. The fourth-order valence-corrected chi connectivity index (χ4v) is 3.74. The molecule has 0 spiro atoms. The molecular formula is C17H27N5O. The van der Waals surface area contributed by atoms with E-state index < -0.39 is 0 Å². The van der Waals surface area contributed by atoms with E-state index in [0.717, 1.165) is 31.3 Å². The van der Waals surface area contributed by atoms with E-state index in [-0.39, 0.29) is 0 Å². The first kappa shape index (κ1) is 16.2. The summed E-state index contributed by atoms with van der Waals surface area (Å²) in [7, 11) is 6.46. The maximum atomic E-state index is 5.61. The van der Waals surface area contributed by atoms with E-state index >= 15 is 0 Å². The first-order valence-corrected chi connectivity index (χ1v) is 8.31. The number of oxazole rings is 1. The van der Waals surface area contributed by atoms with Gasteiger partial charge in [-0.25, -0.2) is 9.97 Å². The largest absolute Gasteiger partial charge is 0.445 e. The molecule has 6 nitrogen and oxygen atoms in total. The molecule has 0 unspecified atom stereocenters. The molecule has 0 N–H and O–H groups in total. The van der Waals surface area contributed by atoms with Gasteiger partial charge in [0, 0.05) is 19.8 Å². The molecule has 0 saturated carbocycles. The predicted molar refractivity (Wildman–Crippen MR) is 88.9 cm³/mol. The summed E-state index contributed by atoms with van der Waals surface area (Å²) in [6, 6.07) is 0.421. The number of rotatable bonds is 5. The molecule has 3 rings (SSSR count). The van der Waals surface area contributed by atoms with Gasteiger partial charge in [-0.2, -0.15) is 0 Å². The summed E-state index contributed by atoms with van der Waals surface area (Å²) >= 11 is 0. The van der Waals surface area contributed by atoms with Crippen molar-refractivity contribution in [1.82, 2.24) is 24.3 Å². The standard InChI is InChI=1S/C17H27N5O/c1-13-8-19-16(23-13)11-20(2)10-14-6-5-7-21(3)17(14)15-9-18-12-22(15)4/h8-9,12,14,17H,5-7,10-11H2,1-4H3/t14-,17+/m0/s1. The van der Waals surface area contributed by atoms with Gasteiger partial charge in [0.25, 0.3) is 0 Å². The molecule has 0 bridgehead atoms. The van der Waals surface area contributed by atoms with Gasteiger partial charge >= 0.3 is 0 Å². The van der Waals surface area contributed by atoms with Gasteiger partial charge in [0.15, 0.2) is 0 Å². The molecule has 1 aliphatic heterocycles. The Kier molecular flexibility index (Phi) is 4.82. The molecular weight excluding hydrogens is 290 g/mol. The normalized spacial score (nSPS) is 22.8. The molecule has 1 aliphatic rings. The first-order valence-electron chi connectivity index (χ1n) is 8.31. The average molecular weight is 317 g/mol. The maximum Gasteiger partial charge on any atom is 0.208 e. The SMILES string of the molecule is Cc1cnc(CN(C)C[C@@H]2CCCN(C)[C@H]2c2cncn2C)o1. The summed E-state index contributed by atoms with van der Waals surface area (Å²) < 4.78 is 7.76. The second kappa shape index (κ2) is 6.84. The van der Waals surface area contributed by atoms with Crippen molar-refractivity contribution in [1.29, 1.82) is 0 Å². The van der Waals surface area contributed by atoms with E-state index in [1.807, 2.05) is 19.4 Å². The van der Waals surface area contributed by atoms with Crippen molar-refractivity contribution in [3.05, 3.63) is 36.1 Å². The minimum Gasteiger partial charge on any atom is -0.445 e. The van der Waals surface area contributed by atoms with Crippen LogP contribution in [0.3, 0.4) is 0 Å². The number of nitrogens with zero attached hydrogens (tertiary/aromatic N) is 5. The van der Waals surface area contributed by atoms with Crippen LogP contribution < -0.4 is 0 Å². The summed E-state index contributed by atoms with van der Waals surface area (Å²) in [5.41, 5.74) is 1.30. The van der Waals surface area contributed by atoms with Gasteiger partial charge in [0.2, 0.25) is 5.89 Å². The molecule has 0 radical (unpaired) electrons. The molecule has 1 saturated heterocycles. The molecule has 23 heavy (non-hydrogen) atoms. The molecule has 1 fully saturated rings. The summed E-state index contributed by atoms with van der Waals surface area (Å²) in [4.78, 5) is 13.4. The van der Waals surface area contributed by atoms with E-state index in [0.29, 0.717) is 12.0 Å². The molecule has 0 aliphatic carbocycles. The predicted octanol–water partition coefficient (Wildman–Crippen LogP) is 2.23. The van der Waals surface area contributed by atoms with E-state index in [9.17, 15) is 0 Å². The van der Waals surface area contributed by atoms with Crippen LogP contribution in [0, 0.1) is 12.8 Å². The average Bonchev–Trinajstić information content (AvgIpc) is 3.08. The van der Waals surface area contributed by atoms with Gasteiger partial charge in [0.1, 0.15) is 5.76 Å². The van der Waals surface area contributed by atoms with Crippen LogP contribution in [0.5, 0.6) is 0 Å². The Balaban J connectivity index is 1.70. The Morgan fingerprint density at radius 1 is 1.35 bits per heavy atom. The summed E-state index contributed by atoms with van der Waals surface area (Å²) in [6.45, 7) is 4.87. The lowest BCUT2D eigenvalue weighted by atomic mass is 9.87. The number of hydrogen-bond acceptors (Lipinski definition) is 5. The lowest BCUT2D eigenvalue weighted by molar-refractivity contribution is 0.0857. The van der Waals surface area contributed by atoms with E-state index in [1.165, 1.54) is 18.5 Å². The number of likely N-dealkylation sites (tertiary alicyclic amines) is 1. The Morgan fingerprint density at radius 3 is 2.83 bits per heavy atom. The topological polar surface area (TPSA) is 50.3 Å². The van der Waals surface area contributed by atoms with E-state index in [1.54, 1.807) is 6.20 Å². The van der Waals surface area contributed by atoms with Crippen LogP contribution in [0.15, 0.2) is 23.1 Å². The van der Waals surface area contributed by atoms with Crippen LogP contribution in [-0.4, -0.2) is 51.5 Å². The number of aromatic nitrogens is 3. The molecule has 2 atom stereocenters. The van der Waals surface area contributed by atoms with Crippen LogP contribution in [0.1, 0.15) is 36.2 Å². The highest BCUT2D eigenvalue weighted by atomic mass is 16.4. The van der Waals surface area contributed by atoms with Gasteiger partial charge < -0.3 is 8.98 Å². The number of aryl methyl sites for hydroxylation is 2. The highest BCUT2D eigenvalue weighted by molar-refractivity contribution is 5.08. The second-order valence-corrected chi connectivity index (χ2v) is 6.82. The Bertz CT molecular complexity index is 634. The van der Waals surface area contributed by atoms with Crippen LogP contribution in [0.4, 0.5) is 0 Å². The van der Waals surface area contributed by atoms with Crippen molar-refractivity contribution in [3.8, 4) is 0 Å². The van der Waals surface area contributed by atoms with Gasteiger partial charge in [-0.05, 0) is 46.3 Å². The Labute approximate surface area is 138 Å². The fraction of sp³-hybridized carbons (Fsp3) is 0.647. The zero-order valence-electron chi connectivity index (χ0n) is 14.6. The van der Waals surface area contributed by atoms with Gasteiger partial charge in [-0.1, -0.05) is 0 Å². The maximum absolute atomic E-state index is 5.61. The van der Waals surface area contributed by atoms with Crippen LogP contribution in [-0.2, 0) is 13.6 Å². The zero-order chi connectivity index (χ0) is 16.4. The fourth-order valence-electron chi connectivity index (χ4n) is 3.74. The number of hydrogen-bond donors (Lipinski definition) is 0. The molecule has 2 aromatic rings. The smallest absolute Gasteiger partial charge is 0.208 e. The zero-order valence-corrected chi connectivity index (χ0v) is 14.6. The quantitative estimate of drug-likeness (QED) is 0.846. The minimum absolute atomic E-state index is 0.421. The van der Waals surface area contributed by atoms with Crippen molar-refractivity contribution in [2.45, 2.75) is 32.4 Å². The van der Waals surface area contributed by atoms with Gasteiger partial charge in [-0.3, -0.25) is 9.80 Å². The first-order chi connectivity index (χ1) is 11.0.